The summed E-state index contributed by atoms with van der Waals surface area (Å²) in [5.41, 5.74) is 12.2. The third kappa shape index (κ3) is 3.10. The SMILES string of the molecule is Cc1cc(Br)c2c(c1N)CCN(Cc1cccc(Cl)c1)C2. The molecule has 1 aliphatic heterocycles. The van der Waals surface area contributed by atoms with E-state index in [1.165, 1.54) is 21.2 Å². The number of hydrogen-bond acceptors (Lipinski definition) is 2. The third-order valence-electron chi connectivity index (χ3n) is 4.10. The van der Waals surface area contributed by atoms with Gasteiger partial charge in [0, 0.05) is 34.8 Å². The number of aryl methyl sites for hydroxylation is 1. The van der Waals surface area contributed by atoms with E-state index in [0.717, 1.165) is 42.3 Å². The maximum absolute atomic E-state index is 6.23. The predicted molar refractivity (Wildman–Crippen MR) is 92.6 cm³/mol. The number of fused-ring (bicyclic) bond motifs is 1. The Labute approximate surface area is 139 Å². The van der Waals surface area contributed by atoms with E-state index < -0.39 is 0 Å². The topological polar surface area (TPSA) is 29.3 Å². The van der Waals surface area contributed by atoms with Crippen LogP contribution in [-0.2, 0) is 19.5 Å². The minimum atomic E-state index is 0.797. The van der Waals surface area contributed by atoms with Gasteiger partial charge in [0.1, 0.15) is 0 Å². The van der Waals surface area contributed by atoms with Gasteiger partial charge in [-0.15, -0.1) is 0 Å². The zero-order valence-corrected chi connectivity index (χ0v) is 14.3. The first-order valence-corrected chi connectivity index (χ1v) is 8.25. The summed E-state index contributed by atoms with van der Waals surface area (Å²) in [4.78, 5) is 2.44. The first kappa shape index (κ1) is 14.9. The lowest BCUT2D eigenvalue weighted by Crippen LogP contribution is -2.31. The van der Waals surface area contributed by atoms with E-state index in [4.69, 9.17) is 17.3 Å². The zero-order valence-electron chi connectivity index (χ0n) is 12.0. The quantitative estimate of drug-likeness (QED) is 0.791. The third-order valence-corrected chi connectivity index (χ3v) is 5.04. The van der Waals surface area contributed by atoms with Crippen LogP contribution in [0.3, 0.4) is 0 Å². The average molecular weight is 366 g/mol. The van der Waals surface area contributed by atoms with E-state index in [2.05, 4.69) is 39.9 Å². The molecule has 0 aromatic heterocycles. The molecule has 0 amide bonds. The Balaban J connectivity index is 1.83. The van der Waals surface area contributed by atoms with Crippen molar-refractivity contribution in [3.8, 4) is 0 Å². The summed E-state index contributed by atoms with van der Waals surface area (Å²) in [7, 11) is 0. The number of anilines is 1. The second kappa shape index (κ2) is 5.99. The number of hydrogen-bond donors (Lipinski definition) is 1. The van der Waals surface area contributed by atoms with Gasteiger partial charge in [0.25, 0.3) is 0 Å². The van der Waals surface area contributed by atoms with Crippen LogP contribution in [0.2, 0.25) is 5.02 Å². The van der Waals surface area contributed by atoms with Crippen molar-refractivity contribution in [2.24, 2.45) is 0 Å². The molecule has 4 heteroatoms. The Kier molecular flexibility index (Phi) is 4.25. The van der Waals surface area contributed by atoms with Gasteiger partial charge in [-0.3, -0.25) is 4.90 Å². The lowest BCUT2D eigenvalue weighted by atomic mass is 9.95. The van der Waals surface area contributed by atoms with E-state index in [1.54, 1.807) is 0 Å². The fourth-order valence-corrected chi connectivity index (χ4v) is 3.88. The van der Waals surface area contributed by atoms with Crippen molar-refractivity contribution in [1.29, 1.82) is 0 Å². The van der Waals surface area contributed by atoms with Gasteiger partial charge in [0.15, 0.2) is 0 Å². The van der Waals surface area contributed by atoms with Gasteiger partial charge in [-0.1, -0.05) is 39.7 Å². The minimum absolute atomic E-state index is 0.797. The van der Waals surface area contributed by atoms with Gasteiger partial charge in [0.2, 0.25) is 0 Å². The van der Waals surface area contributed by atoms with Crippen LogP contribution in [0, 0.1) is 6.92 Å². The Morgan fingerprint density at radius 2 is 2.10 bits per heavy atom. The molecular weight excluding hydrogens is 348 g/mol. The molecule has 0 saturated carbocycles. The standard InChI is InChI=1S/C17H18BrClN2/c1-11-7-16(18)15-10-21(6-5-14(15)17(11)20)9-12-3-2-4-13(19)8-12/h2-4,7-8H,5-6,9-10,20H2,1H3. The van der Waals surface area contributed by atoms with Crippen molar-refractivity contribution in [2.45, 2.75) is 26.4 Å². The van der Waals surface area contributed by atoms with Crippen LogP contribution in [0.5, 0.6) is 0 Å². The average Bonchev–Trinajstić information content (AvgIpc) is 2.45. The van der Waals surface area contributed by atoms with Crippen molar-refractivity contribution >= 4 is 33.2 Å². The van der Waals surface area contributed by atoms with Crippen molar-refractivity contribution in [1.82, 2.24) is 4.90 Å². The highest BCUT2D eigenvalue weighted by molar-refractivity contribution is 9.10. The molecule has 0 radical (unpaired) electrons. The highest BCUT2D eigenvalue weighted by Crippen LogP contribution is 2.33. The molecule has 2 aromatic rings. The largest absolute Gasteiger partial charge is 0.398 e. The first-order valence-electron chi connectivity index (χ1n) is 7.07. The molecule has 2 N–H and O–H groups in total. The molecule has 3 rings (SSSR count). The highest BCUT2D eigenvalue weighted by Gasteiger charge is 2.21. The Morgan fingerprint density at radius 1 is 1.29 bits per heavy atom. The lowest BCUT2D eigenvalue weighted by Gasteiger charge is -2.31. The Hall–Kier alpha value is -1.03. The van der Waals surface area contributed by atoms with Crippen LogP contribution in [0.15, 0.2) is 34.8 Å². The van der Waals surface area contributed by atoms with E-state index in [9.17, 15) is 0 Å². The molecule has 1 aliphatic rings. The van der Waals surface area contributed by atoms with Gasteiger partial charge in [-0.05, 0) is 53.8 Å². The van der Waals surface area contributed by atoms with E-state index >= 15 is 0 Å². The second-order valence-corrected chi connectivity index (χ2v) is 6.93. The molecule has 2 aromatic carbocycles. The molecule has 0 fully saturated rings. The molecule has 0 spiro atoms. The first-order chi connectivity index (χ1) is 10.0. The van der Waals surface area contributed by atoms with E-state index in [0.29, 0.717) is 0 Å². The van der Waals surface area contributed by atoms with Crippen LogP contribution >= 0.6 is 27.5 Å². The normalized spacial score (nSPS) is 15.0. The fraction of sp³-hybridized carbons (Fsp3) is 0.294. The van der Waals surface area contributed by atoms with E-state index in [-0.39, 0.29) is 0 Å². The number of nitrogen functional groups attached to an aromatic ring is 1. The van der Waals surface area contributed by atoms with Crippen LogP contribution in [0.1, 0.15) is 22.3 Å². The van der Waals surface area contributed by atoms with Crippen LogP contribution in [-0.4, -0.2) is 11.4 Å². The van der Waals surface area contributed by atoms with Gasteiger partial charge >= 0.3 is 0 Å². The van der Waals surface area contributed by atoms with Crippen LogP contribution in [0.4, 0.5) is 5.69 Å². The Bertz CT molecular complexity index is 685. The van der Waals surface area contributed by atoms with Gasteiger partial charge in [-0.2, -0.15) is 0 Å². The van der Waals surface area contributed by atoms with Crippen molar-refractivity contribution in [3.63, 3.8) is 0 Å². The van der Waals surface area contributed by atoms with Crippen molar-refractivity contribution in [3.05, 3.63) is 62.1 Å². The summed E-state index contributed by atoms with van der Waals surface area (Å²) in [5.74, 6) is 0. The maximum atomic E-state index is 6.23. The summed E-state index contributed by atoms with van der Waals surface area (Å²) in [6.07, 6.45) is 1.00. The van der Waals surface area contributed by atoms with E-state index in [1.807, 2.05) is 18.2 Å². The van der Waals surface area contributed by atoms with Crippen LogP contribution < -0.4 is 5.73 Å². The number of nitrogens with zero attached hydrogens (tertiary/aromatic N) is 1. The summed E-state index contributed by atoms with van der Waals surface area (Å²) in [6.45, 7) is 4.94. The molecule has 0 unspecified atom stereocenters. The molecule has 21 heavy (non-hydrogen) atoms. The molecule has 0 saturated heterocycles. The number of rotatable bonds is 2. The molecule has 0 atom stereocenters. The minimum Gasteiger partial charge on any atom is -0.398 e. The second-order valence-electron chi connectivity index (χ2n) is 5.64. The lowest BCUT2D eigenvalue weighted by molar-refractivity contribution is 0.245. The monoisotopic (exact) mass is 364 g/mol. The van der Waals surface area contributed by atoms with Crippen molar-refractivity contribution in [2.75, 3.05) is 12.3 Å². The molecule has 110 valence electrons. The zero-order chi connectivity index (χ0) is 15.0. The molecular formula is C17H18BrClN2. The van der Waals surface area contributed by atoms with Gasteiger partial charge < -0.3 is 5.73 Å². The molecule has 0 bridgehead atoms. The number of benzene rings is 2. The Morgan fingerprint density at radius 3 is 2.86 bits per heavy atom. The highest BCUT2D eigenvalue weighted by atomic mass is 79.9. The summed E-state index contributed by atoms with van der Waals surface area (Å²) in [5, 5.41) is 0.797. The summed E-state index contributed by atoms with van der Waals surface area (Å²) in [6, 6.07) is 10.2. The molecule has 2 nitrogen and oxygen atoms in total. The van der Waals surface area contributed by atoms with Crippen LogP contribution in [0.25, 0.3) is 0 Å². The molecule has 0 aliphatic carbocycles. The summed E-state index contributed by atoms with van der Waals surface area (Å²) < 4.78 is 1.17. The number of halogens is 2. The van der Waals surface area contributed by atoms with Crippen molar-refractivity contribution < 1.29 is 0 Å². The predicted octanol–water partition coefficient (Wildman–Crippen LogP) is 4.55. The molecule has 1 heterocycles. The van der Waals surface area contributed by atoms with Gasteiger partial charge in [-0.25, -0.2) is 0 Å². The fourth-order valence-electron chi connectivity index (χ4n) is 2.96. The smallest absolute Gasteiger partial charge is 0.0409 e. The number of nitrogens with two attached hydrogens (primary N) is 1. The maximum Gasteiger partial charge on any atom is 0.0409 e. The summed E-state index contributed by atoms with van der Waals surface area (Å²) >= 11 is 9.75. The van der Waals surface area contributed by atoms with Gasteiger partial charge in [0.05, 0.1) is 0 Å².